The molecule has 1 aromatic heterocycles. The highest BCUT2D eigenvalue weighted by Gasteiger charge is 2.02. The van der Waals surface area contributed by atoms with Crippen molar-refractivity contribution >= 4 is 43.2 Å². The van der Waals surface area contributed by atoms with Gasteiger partial charge in [0.1, 0.15) is 11.8 Å². The second-order valence-electron chi connectivity index (χ2n) is 1.92. The lowest BCUT2D eigenvalue weighted by atomic mass is 10.5. The Balaban J connectivity index is 3.34. The minimum absolute atomic E-state index is 0.313. The number of rotatable bonds is 1. The first kappa shape index (κ1) is 9.45. The first-order valence-electron chi connectivity index (χ1n) is 2.95. The van der Waals surface area contributed by atoms with Gasteiger partial charge in [-0.25, -0.2) is 0 Å². The number of H-pyrrole nitrogens is 1. The topological polar surface area (TPSA) is 44.5 Å². The van der Waals surface area contributed by atoms with Crippen LogP contribution in [0.2, 0.25) is 0 Å². The number of nitrogens with zero attached hydrogens (tertiary/aromatic N) is 2. The Hall–Kier alpha value is -0.640. The van der Waals surface area contributed by atoms with Crippen molar-refractivity contribution in [1.82, 2.24) is 9.55 Å². The molecule has 0 atom stereocenters. The van der Waals surface area contributed by atoms with Crippen molar-refractivity contribution in [1.29, 1.82) is 5.26 Å². The van der Waals surface area contributed by atoms with Crippen molar-refractivity contribution in [2.24, 2.45) is 0 Å². The van der Waals surface area contributed by atoms with Gasteiger partial charge in [-0.05, 0) is 12.2 Å². The molecule has 0 bridgehead atoms. The van der Waals surface area contributed by atoms with E-state index >= 15 is 0 Å². The van der Waals surface area contributed by atoms with Crippen molar-refractivity contribution in [3.63, 3.8) is 0 Å². The van der Waals surface area contributed by atoms with Crippen LogP contribution in [0.3, 0.4) is 0 Å². The Morgan fingerprint density at radius 1 is 1.67 bits per heavy atom. The van der Waals surface area contributed by atoms with E-state index in [2.05, 4.69) is 30.2 Å². The average molecular weight is 215 g/mol. The molecule has 0 spiro atoms. The summed E-state index contributed by atoms with van der Waals surface area (Å²) in [7, 11) is 0. The number of hydrogen-bond donors (Lipinski definition) is 3. The summed E-state index contributed by atoms with van der Waals surface area (Å²) in [6.45, 7) is 0. The highest BCUT2D eigenvalue weighted by Crippen LogP contribution is 2.16. The van der Waals surface area contributed by atoms with Gasteiger partial charge >= 0.3 is 0 Å². The van der Waals surface area contributed by atoms with Gasteiger partial charge in [-0.3, -0.25) is 4.57 Å². The van der Waals surface area contributed by atoms with E-state index in [1.165, 1.54) is 4.57 Å². The van der Waals surface area contributed by atoms with E-state index in [1.807, 2.05) is 6.07 Å². The third-order valence-corrected chi connectivity index (χ3v) is 1.95. The van der Waals surface area contributed by atoms with Crippen molar-refractivity contribution in [3.05, 3.63) is 21.4 Å². The van der Waals surface area contributed by atoms with Crippen LogP contribution in [-0.2, 0) is 0 Å². The number of thiol groups is 2. The van der Waals surface area contributed by atoms with Crippen molar-refractivity contribution < 1.29 is 0 Å². The van der Waals surface area contributed by atoms with Crippen LogP contribution in [0.1, 0.15) is 0 Å². The highest BCUT2D eigenvalue weighted by atomic mass is 32.2. The third-order valence-electron chi connectivity index (χ3n) is 1.21. The van der Waals surface area contributed by atoms with Crippen LogP contribution in [-0.4, -0.2) is 9.55 Å². The molecule has 0 aliphatic rings. The maximum atomic E-state index is 8.71. The molecule has 62 valence electrons. The Bertz CT molecular complexity index is 402. The van der Waals surface area contributed by atoms with Crippen LogP contribution in [0.15, 0.2) is 16.6 Å². The summed E-state index contributed by atoms with van der Waals surface area (Å²) >= 11 is 12.8. The molecule has 0 saturated heterocycles. The summed E-state index contributed by atoms with van der Waals surface area (Å²) in [6.07, 6.45) is 3.29. The number of aromatic nitrogens is 2. The monoisotopic (exact) mass is 215 g/mol. The summed E-state index contributed by atoms with van der Waals surface area (Å²) in [6, 6.07) is 1.95. The lowest BCUT2D eigenvalue weighted by Crippen LogP contribution is -1.93. The minimum Gasteiger partial charge on any atom is -0.337 e. The molecule has 1 heterocycles. The number of nitrogens with one attached hydrogen (secondary N) is 1. The fourth-order valence-corrected chi connectivity index (χ4v) is 1.24. The van der Waals surface area contributed by atoms with E-state index in [9.17, 15) is 0 Å². The van der Waals surface area contributed by atoms with E-state index in [0.29, 0.717) is 14.7 Å². The van der Waals surface area contributed by atoms with Gasteiger partial charge in [-0.15, -0.1) is 25.3 Å². The van der Waals surface area contributed by atoms with Crippen LogP contribution in [0.25, 0.3) is 5.70 Å². The Labute approximate surface area is 85.5 Å². The molecule has 0 aliphatic carbocycles. The molecule has 0 amide bonds. The molecule has 0 radical (unpaired) electrons. The van der Waals surface area contributed by atoms with Crippen LogP contribution in [0, 0.1) is 16.1 Å². The van der Waals surface area contributed by atoms with E-state index in [-0.39, 0.29) is 0 Å². The summed E-state index contributed by atoms with van der Waals surface area (Å²) in [5.74, 6) is 0. The standard InChI is InChI=1S/C6H5N3S3/c7-3-4(5(10)11)9-2-1-8-6(9)12/h1-2,10-11H,(H,8,12). The Kier molecular flexibility index (Phi) is 3.03. The normalized spacial score (nSPS) is 9.08. The van der Waals surface area contributed by atoms with Gasteiger partial charge in [0.15, 0.2) is 4.77 Å². The smallest absolute Gasteiger partial charge is 0.182 e. The summed E-state index contributed by atoms with van der Waals surface area (Å²) in [5.41, 5.74) is 0.313. The lowest BCUT2D eigenvalue weighted by molar-refractivity contribution is 1.07. The average Bonchev–Trinajstić information content (AvgIpc) is 2.38. The molecule has 0 aliphatic heterocycles. The van der Waals surface area contributed by atoms with E-state index < -0.39 is 0 Å². The number of allylic oxidation sites excluding steroid dienone is 1. The molecule has 6 heteroatoms. The zero-order valence-electron chi connectivity index (χ0n) is 5.85. The molecule has 3 nitrogen and oxygen atoms in total. The molecule has 0 unspecified atom stereocenters. The number of aromatic amines is 1. The molecular weight excluding hydrogens is 210 g/mol. The SMILES string of the molecule is N#CC(=C(S)S)n1cc[nH]c1=S. The summed E-state index contributed by atoms with van der Waals surface area (Å²) in [5, 5.41) is 8.71. The molecule has 1 N–H and O–H groups in total. The predicted molar refractivity (Wildman–Crippen MR) is 56.4 cm³/mol. The van der Waals surface area contributed by atoms with E-state index in [1.54, 1.807) is 12.4 Å². The molecule has 12 heavy (non-hydrogen) atoms. The first-order valence-corrected chi connectivity index (χ1v) is 4.26. The van der Waals surface area contributed by atoms with Crippen molar-refractivity contribution in [3.8, 4) is 6.07 Å². The van der Waals surface area contributed by atoms with Gasteiger partial charge in [0.2, 0.25) is 0 Å². The zero-order chi connectivity index (χ0) is 9.14. The highest BCUT2D eigenvalue weighted by molar-refractivity contribution is 8.05. The van der Waals surface area contributed by atoms with Crippen LogP contribution in [0.4, 0.5) is 0 Å². The van der Waals surface area contributed by atoms with Crippen molar-refractivity contribution in [2.75, 3.05) is 0 Å². The fraction of sp³-hybridized carbons (Fsp3) is 0. The molecule has 1 rings (SSSR count). The van der Waals surface area contributed by atoms with Crippen LogP contribution >= 0.6 is 37.5 Å². The van der Waals surface area contributed by atoms with Gasteiger partial charge in [-0.2, -0.15) is 5.26 Å². The van der Waals surface area contributed by atoms with Gasteiger partial charge in [0.05, 0.1) is 4.24 Å². The van der Waals surface area contributed by atoms with Gasteiger partial charge < -0.3 is 4.98 Å². The molecule has 0 saturated carbocycles. The van der Waals surface area contributed by atoms with Crippen LogP contribution < -0.4 is 0 Å². The molecule has 0 fully saturated rings. The number of hydrogen-bond acceptors (Lipinski definition) is 4. The van der Waals surface area contributed by atoms with Gasteiger partial charge in [-0.1, -0.05) is 0 Å². The number of imidazole rings is 1. The Morgan fingerprint density at radius 2 is 2.33 bits per heavy atom. The molecular formula is C6H5N3S3. The van der Waals surface area contributed by atoms with E-state index in [0.717, 1.165) is 0 Å². The predicted octanol–water partition coefficient (Wildman–Crippen LogP) is 2.05. The molecule has 1 aromatic rings. The zero-order valence-corrected chi connectivity index (χ0v) is 8.46. The third kappa shape index (κ3) is 1.75. The quantitative estimate of drug-likeness (QED) is 0.381. The van der Waals surface area contributed by atoms with E-state index in [4.69, 9.17) is 17.5 Å². The fourth-order valence-electron chi connectivity index (χ4n) is 0.708. The minimum atomic E-state index is 0.313. The maximum absolute atomic E-state index is 8.71. The lowest BCUT2D eigenvalue weighted by Gasteiger charge is -1.98. The Morgan fingerprint density at radius 3 is 2.67 bits per heavy atom. The van der Waals surface area contributed by atoms with Gasteiger partial charge in [0, 0.05) is 12.4 Å². The molecule has 0 aromatic carbocycles. The summed E-state index contributed by atoms with van der Waals surface area (Å²) in [4.78, 5) is 2.76. The van der Waals surface area contributed by atoms with Crippen LogP contribution in [0.5, 0.6) is 0 Å². The second kappa shape index (κ2) is 3.85. The number of nitriles is 1. The first-order chi connectivity index (χ1) is 5.66. The maximum Gasteiger partial charge on any atom is 0.182 e. The second-order valence-corrected chi connectivity index (χ2v) is 3.55. The van der Waals surface area contributed by atoms with Gasteiger partial charge in [0.25, 0.3) is 0 Å². The van der Waals surface area contributed by atoms with Crippen molar-refractivity contribution in [2.45, 2.75) is 0 Å². The summed E-state index contributed by atoms with van der Waals surface area (Å²) < 4.78 is 2.30. The largest absolute Gasteiger partial charge is 0.337 e.